The van der Waals surface area contributed by atoms with Gasteiger partial charge in [-0.15, -0.1) is 0 Å². The molecule has 0 spiro atoms. The van der Waals surface area contributed by atoms with Crippen molar-refractivity contribution >= 4 is 17.5 Å². The van der Waals surface area contributed by atoms with E-state index in [0.717, 1.165) is 12.1 Å². The van der Waals surface area contributed by atoms with Crippen LogP contribution in [0.3, 0.4) is 0 Å². The van der Waals surface area contributed by atoms with Crippen molar-refractivity contribution in [3.8, 4) is 0 Å². The summed E-state index contributed by atoms with van der Waals surface area (Å²) >= 11 is 0. The number of nitrogens with one attached hydrogen (secondary N) is 1. The van der Waals surface area contributed by atoms with Crippen molar-refractivity contribution in [2.45, 2.75) is 33.7 Å². The van der Waals surface area contributed by atoms with E-state index in [1.165, 1.54) is 11.0 Å². The number of carbonyl (C=O) groups excluding carboxylic acids is 2. The molecular formula is C20H23F2N3O2. The topological polar surface area (TPSA) is 62.3 Å². The van der Waals surface area contributed by atoms with Crippen LogP contribution in [0.15, 0.2) is 42.6 Å². The maximum absolute atomic E-state index is 14.2. The Morgan fingerprint density at radius 1 is 1.15 bits per heavy atom. The van der Waals surface area contributed by atoms with Crippen LogP contribution in [0.2, 0.25) is 0 Å². The third kappa shape index (κ3) is 5.84. The van der Waals surface area contributed by atoms with Crippen molar-refractivity contribution in [1.29, 1.82) is 0 Å². The molecule has 0 saturated heterocycles. The Morgan fingerprint density at radius 3 is 2.48 bits per heavy atom. The van der Waals surface area contributed by atoms with E-state index in [-0.39, 0.29) is 31.1 Å². The van der Waals surface area contributed by atoms with Gasteiger partial charge in [0.05, 0.1) is 17.9 Å². The molecule has 0 fully saturated rings. The number of aromatic nitrogens is 1. The zero-order valence-corrected chi connectivity index (χ0v) is 15.6. The molecule has 1 aromatic heterocycles. The Balaban J connectivity index is 2.16. The molecule has 144 valence electrons. The zero-order chi connectivity index (χ0) is 20.0. The number of pyridine rings is 1. The summed E-state index contributed by atoms with van der Waals surface area (Å²) in [7, 11) is 0. The van der Waals surface area contributed by atoms with Gasteiger partial charge in [0.1, 0.15) is 11.6 Å². The SMILES string of the molecule is CC(C)(C)C(=O)NCCC(=O)N(Cc1ccccn1)c1ccc(F)cc1F. The van der Waals surface area contributed by atoms with Crippen LogP contribution in [-0.2, 0) is 16.1 Å². The van der Waals surface area contributed by atoms with Gasteiger partial charge in [-0.25, -0.2) is 8.78 Å². The molecule has 5 nitrogen and oxygen atoms in total. The molecule has 1 heterocycles. The molecule has 0 atom stereocenters. The number of amides is 2. The van der Waals surface area contributed by atoms with Gasteiger partial charge in [-0.05, 0) is 24.3 Å². The standard InChI is InChI=1S/C20H23F2N3O2/c1-20(2,3)19(27)24-11-9-18(26)25(13-15-6-4-5-10-23-15)17-8-7-14(21)12-16(17)22/h4-8,10,12H,9,11,13H2,1-3H3,(H,24,27). The summed E-state index contributed by atoms with van der Waals surface area (Å²) in [5.41, 5.74) is -0.0396. The fourth-order valence-corrected chi connectivity index (χ4v) is 2.34. The van der Waals surface area contributed by atoms with Crippen molar-refractivity contribution in [2.24, 2.45) is 5.41 Å². The molecule has 0 aliphatic rings. The van der Waals surface area contributed by atoms with Gasteiger partial charge in [-0.2, -0.15) is 0 Å². The highest BCUT2D eigenvalue weighted by Gasteiger charge is 2.23. The molecule has 0 unspecified atom stereocenters. The van der Waals surface area contributed by atoms with Gasteiger partial charge < -0.3 is 10.2 Å². The molecule has 2 amide bonds. The summed E-state index contributed by atoms with van der Waals surface area (Å²) < 4.78 is 27.5. The van der Waals surface area contributed by atoms with Crippen LogP contribution in [-0.4, -0.2) is 23.3 Å². The molecular weight excluding hydrogens is 352 g/mol. The van der Waals surface area contributed by atoms with Crippen LogP contribution < -0.4 is 10.2 Å². The third-order valence-electron chi connectivity index (χ3n) is 3.85. The lowest BCUT2D eigenvalue weighted by Crippen LogP contribution is -2.38. The molecule has 7 heteroatoms. The van der Waals surface area contributed by atoms with Crippen LogP contribution >= 0.6 is 0 Å². The molecule has 2 aromatic rings. The predicted octanol–water partition coefficient (Wildman–Crippen LogP) is 3.45. The summed E-state index contributed by atoms with van der Waals surface area (Å²) in [6, 6.07) is 8.25. The second-order valence-electron chi connectivity index (χ2n) is 7.15. The highest BCUT2D eigenvalue weighted by molar-refractivity contribution is 5.93. The first-order valence-electron chi connectivity index (χ1n) is 8.62. The average Bonchev–Trinajstić information content (AvgIpc) is 2.60. The van der Waals surface area contributed by atoms with Gasteiger partial charge in [0.25, 0.3) is 0 Å². The van der Waals surface area contributed by atoms with E-state index in [4.69, 9.17) is 0 Å². The van der Waals surface area contributed by atoms with Crippen LogP contribution in [0, 0.1) is 17.0 Å². The number of halogens is 2. The highest BCUT2D eigenvalue weighted by Crippen LogP contribution is 2.23. The first kappa shape index (κ1) is 20.5. The molecule has 2 rings (SSSR count). The largest absolute Gasteiger partial charge is 0.355 e. The molecule has 0 saturated carbocycles. The minimum Gasteiger partial charge on any atom is -0.355 e. The number of benzene rings is 1. The van der Waals surface area contributed by atoms with Gasteiger partial charge >= 0.3 is 0 Å². The van der Waals surface area contributed by atoms with Crippen molar-refractivity contribution in [1.82, 2.24) is 10.3 Å². The number of carbonyl (C=O) groups is 2. The fraction of sp³-hybridized carbons (Fsp3) is 0.350. The van der Waals surface area contributed by atoms with E-state index >= 15 is 0 Å². The minimum absolute atomic E-state index is 0.0224. The number of rotatable bonds is 6. The van der Waals surface area contributed by atoms with Crippen LogP contribution in [0.4, 0.5) is 14.5 Å². The summed E-state index contributed by atoms with van der Waals surface area (Å²) in [4.78, 5) is 30.0. The summed E-state index contributed by atoms with van der Waals surface area (Å²) in [5, 5.41) is 2.69. The Hall–Kier alpha value is -2.83. The van der Waals surface area contributed by atoms with E-state index in [1.807, 2.05) is 0 Å². The number of hydrogen-bond acceptors (Lipinski definition) is 3. The number of anilines is 1. The van der Waals surface area contributed by atoms with Crippen LogP contribution in [0.25, 0.3) is 0 Å². The van der Waals surface area contributed by atoms with E-state index in [0.29, 0.717) is 5.69 Å². The quantitative estimate of drug-likeness (QED) is 0.841. The van der Waals surface area contributed by atoms with Crippen LogP contribution in [0.5, 0.6) is 0 Å². The summed E-state index contributed by atoms with van der Waals surface area (Å²) in [5.74, 6) is -2.14. The normalized spacial score (nSPS) is 11.1. The van der Waals surface area contributed by atoms with Crippen molar-refractivity contribution in [3.63, 3.8) is 0 Å². The van der Waals surface area contributed by atoms with Gasteiger partial charge in [0.2, 0.25) is 11.8 Å². The van der Waals surface area contributed by atoms with Crippen molar-refractivity contribution in [3.05, 3.63) is 59.9 Å². The lowest BCUT2D eigenvalue weighted by atomic mass is 9.96. The smallest absolute Gasteiger partial charge is 0.229 e. The molecule has 1 aromatic carbocycles. The Bertz CT molecular complexity index is 805. The monoisotopic (exact) mass is 375 g/mol. The molecule has 1 N–H and O–H groups in total. The summed E-state index contributed by atoms with van der Waals surface area (Å²) in [6.07, 6.45) is 1.55. The zero-order valence-electron chi connectivity index (χ0n) is 15.6. The first-order chi connectivity index (χ1) is 12.7. The fourth-order valence-electron chi connectivity index (χ4n) is 2.34. The second-order valence-corrected chi connectivity index (χ2v) is 7.15. The molecule has 0 aliphatic heterocycles. The van der Waals surface area contributed by atoms with Crippen molar-refractivity contribution in [2.75, 3.05) is 11.4 Å². The lowest BCUT2D eigenvalue weighted by Gasteiger charge is -2.24. The summed E-state index contributed by atoms with van der Waals surface area (Å²) in [6.45, 7) is 5.47. The Morgan fingerprint density at radius 2 is 1.89 bits per heavy atom. The van der Waals surface area contributed by atoms with Gasteiger partial charge in [0, 0.05) is 30.6 Å². The van der Waals surface area contributed by atoms with E-state index in [2.05, 4.69) is 10.3 Å². The molecule has 0 radical (unpaired) electrons. The maximum Gasteiger partial charge on any atom is 0.229 e. The van der Waals surface area contributed by atoms with E-state index in [9.17, 15) is 18.4 Å². The predicted molar refractivity (Wildman–Crippen MR) is 98.9 cm³/mol. The third-order valence-corrected chi connectivity index (χ3v) is 3.85. The average molecular weight is 375 g/mol. The Kier molecular flexibility index (Phi) is 6.60. The van der Waals surface area contributed by atoms with E-state index < -0.39 is 23.0 Å². The highest BCUT2D eigenvalue weighted by atomic mass is 19.1. The number of nitrogens with zero attached hydrogens (tertiary/aromatic N) is 2. The lowest BCUT2D eigenvalue weighted by molar-refractivity contribution is -0.128. The van der Waals surface area contributed by atoms with Crippen molar-refractivity contribution < 1.29 is 18.4 Å². The molecule has 0 bridgehead atoms. The molecule has 27 heavy (non-hydrogen) atoms. The van der Waals surface area contributed by atoms with E-state index in [1.54, 1.807) is 45.2 Å². The maximum atomic E-state index is 14.2. The first-order valence-corrected chi connectivity index (χ1v) is 8.62. The van der Waals surface area contributed by atoms with Gasteiger partial charge in [-0.1, -0.05) is 26.8 Å². The number of hydrogen-bond donors (Lipinski definition) is 1. The molecule has 0 aliphatic carbocycles. The van der Waals surface area contributed by atoms with Gasteiger partial charge in [-0.3, -0.25) is 14.6 Å². The minimum atomic E-state index is -0.835. The Labute approximate surface area is 157 Å². The van der Waals surface area contributed by atoms with Crippen LogP contribution in [0.1, 0.15) is 32.9 Å². The van der Waals surface area contributed by atoms with Gasteiger partial charge in [0.15, 0.2) is 0 Å². The second kappa shape index (κ2) is 8.70.